The number of rotatable bonds is 8. The van der Waals surface area contributed by atoms with Crippen LogP contribution >= 0.6 is 0 Å². The molecule has 0 aliphatic rings. The number of carbonyl (C=O) groups excluding carboxylic acids is 1. The number of amides is 1. The molecule has 1 amide bonds. The molecule has 0 bridgehead atoms. The van der Waals surface area contributed by atoms with E-state index in [1.165, 1.54) is 0 Å². The minimum absolute atomic E-state index is 0.126. The number of anilines is 1. The fourth-order valence-electron chi connectivity index (χ4n) is 1.79. The topological polar surface area (TPSA) is 66.9 Å². The van der Waals surface area contributed by atoms with E-state index in [1.807, 2.05) is 13.8 Å². The largest absolute Gasteiger partial charge is 0.382 e. The van der Waals surface area contributed by atoms with Crippen molar-refractivity contribution in [3.8, 4) is 0 Å². The van der Waals surface area contributed by atoms with Gasteiger partial charge in [-0.3, -0.25) is 4.79 Å². The second-order valence-corrected chi connectivity index (χ2v) is 6.01. The van der Waals surface area contributed by atoms with E-state index < -0.39 is 0 Å². The molecule has 5 nitrogen and oxygen atoms in total. The normalized spacial score (nSPS) is 11.0. The monoisotopic (exact) mass is 292 g/mol. The Morgan fingerprint density at radius 3 is 2.52 bits per heavy atom. The lowest BCUT2D eigenvalue weighted by Gasteiger charge is -2.13. The molecule has 0 saturated carbocycles. The van der Waals surface area contributed by atoms with Crippen molar-refractivity contribution in [1.82, 2.24) is 15.3 Å². The van der Waals surface area contributed by atoms with Gasteiger partial charge >= 0.3 is 0 Å². The van der Waals surface area contributed by atoms with Crippen molar-refractivity contribution < 1.29 is 4.79 Å². The SMILES string of the molecule is CCCNc1cnc(C(C)C)nc1C(=O)NCCC(C)C. The van der Waals surface area contributed by atoms with Gasteiger partial charge in [0, 0.05) is 19.0 Å². The summed E-state index contributed by atoms with van der Waals surface area (Å²) >= 11 is 0. The van der Waals surface area contributed by atoms with E-state index >= 15 is 0 Å². The minimum atomic E-state index is -0.126. The molecule has 5 heteroatoms. The Hall–Kier alpha value is -1.65. The number of hydrogen-bond acceptors (Lipinski definition) is 4. The summed E-state index contributed by atoms with van der Waals surface area (Å²) in [6, 6.07) is 0. The molecule has 0 saturated heterocycles. The van der Waals surface area contributed by atoms with Gasteiger partial charge in [-0.1, -0.05) is 34.6 Å². The Kier molecular flexibility index (Phi) is 7.12. The van der Waals surface area contributed by atoms with Crippen LogP contribution in [0.4, 0.5) is 5.69 Å². The zero-order chi connectivity index (χ0) is 15.8. The molecule has 0 unspecified atom stereocenters. The molecule has 0 aliphatic heterocycles. The molecule has 0 spiro atoms. The molecule has 0 aliphatic carbocycles. The highest BCUT2D eigenvalue weighted by Gasteiger charge is 2.16. The third-order valence-corrected chi connectivity index (χ3v) is 3.11. The summed E-state index contributed by atoms with van der Waals surface area (Å²) in [5, 5.41) is 6.17. The second kappa shape index (κ2) is 8.60. The van der Waals surface area contributed by atoms with Gasteiger partial charge in [-0.2, -0.15) is 0 Å². The maximum Gasteiger partial charge on any atom is 0.272 e. The van der Waals surface area contributed by atoms with E-state index in [1.54, 1.807) is 6.20 Å². The number of aromatic nitrogens is 2. The molecule has 0 aromatic carbocycles. The van der Waals surface area contributed by atoms with Crippen molar-refractivity contribution >= 4 is 11.6 Å². The molecule has 0 radical (unpaired) electrons. The van der Waals surface area contributed by atoms with Crippen molar-refractivity contribution in [3.05, 3.63) is 17.7 Å². The molecule has 1 aromatic heterocycles. The summed E-state index contributed by atoms with van der Waals surface area (Å²) in [5.41, 5.74) is 1.16. The van der Waals surface area contributed by atoms with Crippen molar-refractivity contribution in [2.24, 2.45) is 5.92 Å². The smallest absolute Gasteiger partial charge is 0.272 e. The molecule has 1 rings (SSSR count). The Labute approximate surface area is 128 Å². The van der Waals surface area contributed by atoms with Crippen LogP contribution < -0.4 is 10.6 Å². The quantitative estimate of drug-likeness (QED) is 0.772. The van der Waals surface area contributed by atoms with E-state index in [9.17, 15) is 4.79 Å². The van der Waals surface area contributed by atoms with Crippen LogP contribution in [0.1, 0.15) is 69.7 Å². The van der Waals surface area contributed by atoms with Crippen LogP contribution in [0, 0.1) is 5.92 Å². The average Bonchev–Trinajstić information content (AvgIpc) is 2.44. The standard InChI is InChI=1S/C16H28N4O/c1-6-8-17-13-10-19-15(12(4)5)20-14(13)16(21)18-9-7-11(2)3/h10-12,17H,6-9H2,1-5H3,(H,18,21). The first-order valence-electron chi connectivity index (χ1n) is 7.84. The Balaban J connectivity index is 2.88. The third kappa shape index (κ3) is 5.69. The van der Waals surface area contributed by atoms with E-state index in [2.05, 4.69) is 41.4 Å². The number of carbonyl (C=O) groups is 1. The maximum absolute atomic E-state index is 12.3. The highest BCUT2D eigenvalue weighted by Crippen LogP contribution is 2.16. The minimum Gasteiger partial charge on any atom is -0.382 e. The summed E-state index contributed by atoms with van der Waals surface area (Å²) in [6.07, 6.45) is 3.67. The second-order valence-electron chi connectivity index (χ2n) is 6.01. The van der Waals surface area contributed by atoms with Crippen LogP contribution in [-0.2, 0) is 0 Å². The summed E-state index contributed by atoms with van der Waals surface area (Å²) < 4.78 is 0. The van der Waals surface area contributed by atoms with Gasteiger partial charge in [0.15, 0.2) is 5.69 Å². The molecule has 21 heavy (non-hydrogen) atoms. The fraction of sp³-hybridized carbons (Fsp3) is 0.688. The molecule has 0 fully saturated rings. The number of nitrogens with zero attached hydrogens (tertiary/aromatic N) is 2. The average molecular weight is 292 g/mol. The van der Waals surface area contributed by atoms with Gasteiger partial charge < -0.3 is 10.6 Å². The van der Waals surface area contributed by atoms with E-state index in [0.29, 0.717) is 29.7 Å². The first-order chi connectivity index (χ1) is 9.95. The molecule has 0 atom stereocenters. The predicted molar refractivity (Wildman–Crippen MR) is 86.7 cm³/mol. The highest BCUT2D eigenvalue weighted by molar-refractivity contribution is 5.97. The van der Waals surface area contributed by atoms with Crippen molar-refractivity contribution in [2.45, 2.75) is 53.4 Å². The summed E-state index contributed by atoms with van der Waals surface area (Å²) in [6.45, 7) is 11.9. The Bertz CT molecular complexity index is 458. The van der Waals surface area contributed by atoms with Gasteiger partial charge in [0.05, 0.1) is 11.9 Å². The predicted octanol–water partition coefficient (Wildman–Crippen LogP) is 3.20. The summed E-state index contributed by atoms with van der Waals surface area (Å²) in [4.78, 5) is 21.1. The lowest BCUT2D eigenvalue weighted by molar-refractivity contribution is 0.0947. The first kappa shape index (κ1) is 17.4. The van der Waals surface area contributed by atoms with E-state index in [-0.39, 0.29) is 11.8 Å². The molecular weight excluding hydrogens is 264 g/mol. The number of nitrogens with one attached hydrogen (secondary N) is 2. The lowest BCUT2D eigenvalue weighted by Crippen LogP contribution is -2.28. The molecule has 2 N–H and O–H groups in total. The Morgan fingerprint density at radius 2 is 1.95 bits per heavy atom. The zero-order valence-corrected chi connectivity index (χ0v) is 13.9. The van der Waals surface area contributed by atoms with Crippen LogP contribution in [0.15, 0.2) is 6.20 Å². The van der Waals surface area contributed by atoms with Gasteiger partial charge in [0.2, 0.25) is 0 Å². The van der Waals surface area contributed by atoms with Crippen LogP contribution in [0.5, 0.6) is 0 Å². The first-order valence-corrected chi connectivity index (χ1v) is 7.84. The number of hydrogen-bond donors (Lipinski definition) is 2. The molecule has 1 aromatic rings. The Morgan fingerprint density at radius 1 is 1.24 bits per heavy atom. The van der Waals surface area contributed by atoms with Gasteiger partial charge in [0.1, 0.15) is 5.82 Å². The van der Waals surface area contributed by atoms with Crippen LogP contribution in [0.2, 0.25) is 0 Å². The van der Waals surface area contributed by atoms with Gasteiger partial charge in [-0.25, -0.2) is 9.97 Å². The van der Waals surface area contributed by atoms with Gasteiger partial charge in [0.25, 0.3) is 5.91 Å². The molecule has 1 heterocycles. The maximum atomic E-state index is 12.3. The highest BCUT2D eigenvalue weighted by atomic mass is 16.1. The van der Waals surface area contributed by atoms with E-state index in [0.717, 1.165) is 19.4 Å². The molecule has 118 valence electrons. The van der Waals surface area contributed by atoms with E-state index in [4.69, 9.17) is 0 Å². The fourth-order valence-corrected chi connectivity index (χ4v) is 1.79. The molecular formula is C16H28N4O. The van der Waals surface area contributed by atoms with Gasteiger partial charge in [-0.15, -0.1) is 0 Å². The van der Waals surface area contributed by atoms with Crippen molar-refractivity contribution in [3.63, 3.8) is 0 Å². The van der Waals surface area contributed by atoms with Crippen LogP contribution in [0.25, 0.3) is 0 Å². The third-order valence-electron chi connectivity index (χ3n) is 3.11. The summed E-state index contributed by atoms with van der Waals surface area (Å²) in [5.74, 6) is 1.34. The summed E-state index contributed by atoms with van der Waals surface area (Å²) in [7, 11) is 0. The lowest BCUT2D eigenvalue weighted by atomic mass is 10.1. The van der Waals surface area contributed by atoms with Crippen molar-refractivity contribution in [1.29, 1.82) is 0 Å². The van der Waals surface area contributed by atoms with Crippen LogP contribution in [-0.4, -0.2) is 29.0 Å². The van der Waals surface area contributed by atoms with Crippen LogP contribution in [0.3, 0.4) is 0 Å². The van der Waals surface area contributed by atoms with Crippen molar-refractivity contribution in [2.75, 3.05) is 18.4 Å². The van der Waals surface area contributed by atoms with Gasteiger partial charge in [-0.05, 0) is 18.8 Å². The zero-order valence-electron chi connectivity index (χ0n) is 13.9.